The van der Waals surface area contributed by atoms with Gasteiger partial charge < -0.3 is 0 Å². The quantitative estimate of drug-likeness (QED) is 0.416. The number of nitrogens with two attached hydrogens (primary N) is 1. The Morgan fingerprint density at radius 1 is 1.53 bits per heavy atom. The van der Waals surface area contributed by atoms with Crippen LogP contribution in [0.3, 0.4) is 0 Å². The maximum atomic E-state index is 5.65. The third-order valence-corrected chi connectivity index (χ3v) is 3.75. The Morgan fingerprint density at radius 2 is 2.27 bits per heavy atom. The molecule has 1 fully saturated rings. The van der Waals surface area contributed by atoms with Crippen molar-refractivity contribution in [2.75, 3.05) is 0 Å². The van der Waals surface area contributed by atoms with Crippen LogP contribution in [0.5, 0.6) is 0 Å². The smallest absolute Gasteiger partial charge is 0.0275 e. The van der Waals surface area contributed by atoms with Crippen LogP contribution in [0.15, 0.2) is 12.2 Å². The fourth-order valence-corrected chi connectivity index (χ4v) is 2.81. The summed E-state index contributed by atoms with van der Waals surface area (Å²) < 4.78 is 0. The number of hydrazine groups is 1. The lowest BCUT2D eigenvalue weighted by Gasteiger charge is -2.34. The third kappa shape index (κ3) is 3.96. The van der Waals surface area contributed by atoms with Crippen molar-refractivity contribution in [3.8, 4) is 0 Å². The summed E-state index contributed by atoms with van der Waals surface area (Å²) in [5, 5.41) is 0. The summed E-state index contributed by atoms with van der Waals surface area (Å²) >= 11 is 0. The first-order chi connectivity index (χ1) is 7.17. The average molecular weight is 210 g/mol. The zero-order valence-electron chi connectivity index (χ0n) is 10.3. The SMILES string of the molecule is C=C(C)CC(NN)C1CCCC(CC)C1. The van der Waals surface area contributed by atoms with E-state index < -0.39 is 0 Å². The summed E-state index contributed by atoms with van der Waals surface area (Å²) in [6.07, 6.45) is 7.81. The molecule has 0 radical (unpaired) electrons. The van der Waals surface area contributed by atoms with Gasteiger partial charge in [0.25, 0.3) is 0 Å². The van der Waals surface area contributed by atoms with E-state index in [1.807, 2.05) is 0 Å². The molecular weight excluding hydrogens is 184 g/mol. The molecule has 2 nitrogen and oxygen atoms in total. The van der Waals surface area contributed by atoms with E-state index in [1.54, 1.807) is 0 Å². The third-order valence-electron chi connectivity index (χ3n) is 3.75. The van der Waals surface area contributed by atoms with Crippen molar-refractivity contribution in [2.45, 2.75) is 58.4 Å². The molecule has 0 aliphatic heterocycles. The summed E-state index contributed by atoms with van der Waals surface area (Å²) in [6.45, 7) is 8.37. The zero-order chi connectivity index (χ0) is 11.3. The minimum absolute atomic E-state index is 0.442. The molecule has 2 heteroatoms. The van der Waals surface area contributed by atoms with Crippen molar-refractivity contribution in [1.82, 2.24) is 5.43 Å². The summed E-state index contributed by atoms with van der Waals surface area (Å²) in [4.78, 5) is 0. The first kappa shape index (κ1) is 12.7. The van der Waals surface area contributed by atoms with Crippen LogP contribution in [0.1, 0.15) is 52.4 Å². The summed E-state index contributed by atoms with van der Waals surface area (Å²) in [6, 6.07) is 0.442. The topological polar surface area (TPSA) is 38.0 Å². The van der Waals surface area contributed by atoms with Gasteiger partial charge >= 0.3 is 0 Å². The highest BCUT2D eigenvalue weighted by Gasteiger charge is 2.26. The molecule has 0 heterocycles. The Bertz CT molecular complexity index is 201. The minimum atomic E-state index is 0.442. The molecule has 88 valence electrons. The van der Waals surface area contributed by atoms with Gasteiger partial charge in [0, 0.05) is 6.04 Å². The highest BCUT2D eigenvalue weighted by atomic mass is 15.2. The lowest BCUT2D eigenvalue weighted by molar-refractivity contribution is 0.208. The van der Waals surface area contributed by atoms with Crippen molar-refractivity contribution in [2.24, 2.45) is 17.7 Å². The van der Waals surface area contributed by atoms with Crippen LogP contribution in [0.4, 0.5) is 0 Å². The normalized spacial score (nSPS) is 28.7. The van der Waals surface area contributed by atoms with E-state index in [0.29, 0.717) is 6.04 Å². The van der Waals surface area contributed by atoms with Gasteiger partial charge in [0.05, 0.1) is 0 Å². The Balaban J connectivity index is 2.47. The number of hydrogen-bond donors (Lipinski definition) is 2. The zero-order valence-corrected chi connectivity index (χ0v) is 10.3. The summed E-state index contributed by atoms with van der Waals surface area (Å²) in [5.41, 5.74) is 4.22. The van der Waals surface area contributed by atoms with Gasteiger partial charge in [0.1, 0.15) is 0 Å². The summed E-state index contributed by atoms with van der Waals surface area (Å²) in [7, 11) is 0. The van der Waals surface area contributed by atoms with E-state index in [1.165, 1.54) is 37.7 Å². The number of hydrogen-bond acceptors (Lipinski definition) is 2. The van der Waals surface area contributed by atoms with Crippen molar-refractivity contribution in [3.63, 3.8) is 0 Å². The fraction of sp³-hybridized carbons (Fsp3) is 0.846. The molecule has 0 aromatic rings. The second kappa shape index (κ2) is 6.29. The van der Waals surface area contributed by atoms with Gasteiger partial charge in [0.2, 0.25) is 0 Å². The monoisotopic (exact) mass is 210 g/mol. The van der Waals surface area contributed by atoms with E-state index >= 15 is 0 Å². The van der Waals surface area contributed by atoms with Gasteiger partial charge in [-0.1, -0.05) is 31.8 Å². The van der Waals surface area contributed by atoms with Crippen molar-refractivity contribution in [1.29, 1.82) is 0 Å². The molecule has 0 saturated heterocycles. The maximum Gasteiger partial charge on any atom is 0.0275 e. The number of nitrogens with one attached hydrogen (secondary N) is 1. The van der Waals surface area contributed by atoms with Gasteiger partial charge in [0.15, 0.2) is 0 Å². The van der Waals surface area contributed by atoms with Gasteiger partial charge in [-0.05, 0) is 38.0 Å². The second-order valence-electron chi connectivity index (χ2n) is 5.14. The molecule has 0 spiro atoms. The average Bonchev–Trinajstić information content (AvgIpc) is 2.25. The molecule has 0 bridgehead atoms. The Morgan fingerprint density at radius 3 is 2.80 bits per heavy atom. The van der Waals surface area contributed by atoms with E-state index in [-0.39, 0.29) is 0 Å². The predicted octanol–water partition coefficient (Wildman–Crippen LogP) is 3.00. The summed E-state index contributed by atoms with van der Waals surface area (Å²) in [5.74, 6) is 7.32. The van der Waals surface area contributed by atoms with E-state index in [9.17, 15) is 0 Å². The van der Waals surface area contributed by atoms with Gasteiger partial charge in [-0.3, -0.25) is 11.3 Å². The van der Waals surface area contributed by atoms with E-state index in [2.05, 4.69) is 25.9 Å². The van der Waals surface area contributed by atoms with Crippen molar-refractivity contribution < 1.29 is 0 Å². The van der Waals surface area contributed by atoms with Crippen LogP contribution in [0.25, 0.3) is 0 Å². The van der Waals surface area contributed by atoms with Crippen LogP contribution in [-0.2, 0) is 0 Å². The molecule has 1 aliphatic carbocycles. The minimum Gasteiger partial charge on any atom is -0.271 e. The molecule has 1 aliphatic rings. The van der Waals surface area contributed by atoms with Crippen molar-refractivity contribution >= 4 is 0 Å². The predicted molar refractivity (Wildman–Crippen MR) is 66.3 cm³/mol. The Labute approximate surface area is 94.3 Å². The van der Waals surface area contributed by atoms with Gasteiger partial charge in [-0.2, -0.15) is 0 Å². The number of rotatable bonds is 5. The van der Waals surface area contributed by atoms with Crippen LogP contribution in [0, 0.1) is 11.8 Å². The molecule has 3 unspecified atom stereocenters. The molecule has 15 heavy (non-hydrogen) atoms. The van der Waals surface area contributed by atoms with Crippen molar-refractivity contribution in [3.05, 3.63) is 12.2 Å². The van der Waals surface area contributed by atoms with Crippen LogP contribution in [-0.4, -0.2) is 6.04 Å². The highest BCUT2D eigenvalue weighted by molar-refractivity contribution is 4.95. The Kier molecular flexibility index (Phi) is 5.34. The first-order valence-electron chi connectivity index (χ1n) is 6.27. The van der Waals surface area contributed by atoms with E-state index in [4.69, 9.17) is 5.84 Å². The molecule has 0 amide bonds. The molecule has 3 atom stereocenters. The molecule has 1 rings (SSSR count). The Hall–Kier alpha value is -0.340. The fourth-order valence-electron chi connectivity index (χ4n) is 2.81. The van der Waals surface area contributed by atoms with Crippen LogP contribution < -0.4 is 11.3 Å². The first-order valence-corrected chi connectivity index (χ1v) is 6.27. The second-order valence-corrected chi connectivity index (χ2v) is 5.14. The molecule has 0 aromatic heterocycles. The lowest BCUT2D eigenvalue weighted by Crippen LogP contribution is -2.42. The molecule has 3 N–H and O–H groups in total. The lowest BCUT2D eigenvalue weighted by atomic mass is 9.76. The van der Waals surface area contributed by atoms with Gasteiger partial charge in [-0.25, -0.2) is 0 Å². The van der Waals surface area contributed by atoms with Crippen LogP contribution >= 0.6 is 0 Å². The van der Waals surface area contributed by atoms with Gasteiger partial charge in [-0.15, -0.1) is 6.58 Å². The van der Waals surface area contributed by atoms with E-state index in [0.717, 1.165) is 18.3 Å². The molecular formula is C13H26N2. The highest BCUT2D eigenvalue weighted by Crippen LogP contribution is 2.34. The molecule has 1 saturated carbocycles. The maximum absolute atomic E-state index is 5.65. The standard InChI is InChI=1S/C13H26N2/c1-4-11-6-5-7-12(9-11)13(15-14)8-10(2)3/h11-13,15H,2,4-9,14H2,1,3H3. The largest absolute Gasteiger partial charge is 0.271 e. The molecule has 0 aromatic carbocycles. The van der Waals surface area contributed by atoms with Crippen LogP contribution in [0.2, 0.25) is 0 Å².